The third-order valence-electron chi connectivity index (χ3n) is 18.7. The fourth-order valence-corrected chi connectivity index (χ4v) is 15.9. The molecule has 2 fully saturated rings. The fraction of sp³-hybridized carbons (Fsp3) is 0.146. The number of rotatable bonds is 15. The predicted octanol–water partition coefficient (Wildman–Crippen LogP) is 15.3. The molecule has 0 aliphatic carbocycles. The van der Waals surface area contributed by atoms with Crippen LogP contribution in [-0.4, -0.2) is 67.7 Å². The number of ether oxygens (including phenoxy) is 4. The molecule has 14 aromatic rings. The summed E-state index contributed by atoms with van der Waals surface area (Å²) < 4.78 is 84.1. The van der Waals surface area contributed by atoms with Crippen LogP contribution in [0, 0.1) is 24.4 Å². The van der Waals surface area contributed by atoms with Crippen molar-refractivity contribution >= 4 is 79.1 Å². The Hall–Kier alpha value is -11.7. The number of aromatic nitrogens is 3. The van der Waals surface area contributed by atoms with Crippen molar-refractivity contribution in [1.29, 1.82) is 0 Å². The van der Waals surface area contributed by atoms with Gasteiger partial charge in [0.05, 0.1) is 36.2 Å². The highest BCUT2D eigenvalue weighted by Gasteiger charge is 2.40. The third-order valence-corrected chi connectivity index (χ3v) is 21.9. The van der Waals surface area contributed by atoms with Gasteiger partial charge in [0.15, 0.2) is 22.8 Å². The van der Waals surface area contributed by atoms with E-state index in [0.717, 1.165) is 62.4 Å². The van der Waals surface area contributed by atoms with E-state index in [0.29, 0.717) is 93.4 Å². The Morgan fingerprint density at radius 3 is 1.65 bits per heavy atom. The van der Waals surface area contributed by atoms with Crippen molar-refractivity contribution in [2.75, 3.05) is 26.4 Å². The summed E-state index contributed by atoms with van der Waals surface area (Å²) in [6.45, 7) is 8.18. The van der Waals surface area contributed by atoms with Gasteiger partial charge in [-0.1, -0.05) is 134 Å². The second-order valence-corrected chi connectivity index (χ2v) is 29.5. The number of hydrogen-bond donors (Lipinski definition) is 3. The Morgan fingerprint density at radius 1 is 0.514 bits per heavy atom. The molecule has 536 valence electrons. The standard InChI is InChI=1S/C29H20FNO6S.C27H18FNO4S.C26H20FNO6S/c30-18-7-4-8-22(13-18)38-27-26(32)25-24(37-29(27)34)14-23(17-5-2-1-3-6-17)31(28(25)33)19-9-11-20(12-10-19)35-15-21-16-36-21;1-14-5-11-18(12-6-14)34-25-23(30)21-24(33-27(25)32)19-4-2-3-16-13-20(29(22(16)19)26(21)31)15-7-9-17(28)10-8-15;1-26(2)17-9-14(32-11-15-12-33-15)6-7-18(17)28-20(26)10-19-21(24(28)30)22(29)23(25(31)34-19)35-16-5-3-4-13(27)8-16/h1-14,21,32H,15-16H2;2-12,20,30H,13H2,1H3;3-10,15,29H,11-12H2,1-2H3. The maximum atomic E-state index is 13.9. The molecule has 18 rings (SSSR count). The Balaban J connectivity index is 0.000000123. The largest absolute Gasteiger partial charge is 0.505 e. The van der Waals surface area contributed by atoms with Gasteiger partial charge in [-0.3, -0.25) is 28.1 Å². The summed E-state index contributed by atoms with van der Waals surface area (Å²) in [5.74, 6) is -1.43. The van der Waals surface area contributed by atoms with Crippen molar-refractivity contribution in [3.63, 3.8) is 0 Å². The van der Waals surface area contributed by atoms with Crippen LogP contribution in [0.15, 0.2) is 272 Å². The van der Waals surface area contributed by atoms with Crippen LogP contribution in [0.25, 0.3) is 66.4 Å². The zero-order valence-corrected chi connectivity index (χ0v) is 59.1. The lowest BCUT2D eigenvalue weighted by molar-refractivity contribution is 0.262. The lowest BCUT2D eigenvalue weighted by Gasteiger charge is -2.20. The van der Waals surface area contributed by atoms with Crippen molar-refractivity contribution < 1.29 is 60.7 Å². The van der Waals surface area contributed by atoms with Gasteiger partial charge in [0.2, 0.25) is 0 Å². The molecular weight excluding hydrogens is 1440 g/mol. The first-order valence-electron chi connectivity index (χ1n) is 33.6. The number of fused-ring (bicyclic) bond motifs is 7. The van der Waals surface area contributed by atoms with E-state index in [1.54, 1.807) is 77.4 Å². The van der Waals surface area contributed by atoms with Gasteiger partial charge in [-0.2, -0.15) is 0 Å². The van der Waals surface area contributed by atoms with Gasteiger partial charge in [0.25, 0.3) is 16.7 Å². The summed E-state index contributed by atoms with van der Waals surface area (Å²) in [6.07, 6.45) is 0.760. The molecule has 0 amide bonds. The molecule has 2 saturated heterocycles. The minimum absolute atomic E-state index is 0.00409. The van der Waals surface area contributed by atoms with Crippen LogP contribution in [0.5, 0.6) is 28.7 Å². The maximum absolute atomic E-state index is 13.9. The highest BCUT2D eigenvalue weighted by Crippen LogP contribution is 2.47. The Labute approximate surface area is 615 Å². The number of hydrogen-bond acceptors (Lipinski definition) is 19. The smallest absolute Gasteiger partial charge is 0.354 e. The van der Waals surface area contributed by atoms with Gasteiger partial charge in [0.1, 0.15) is 96.4 Å². The minimum atomic E-state index is -0.832. The molecule has 0 bridgehead atoms. The Morgan fingerprint density at radius 2 is 1.06 bits per heavy atom. The minimum Gasteiger partial charge on any atom is -0.505 e. The van der Waals surface area contributed by atoms with Gasteiger partial charge >= 0.3 is 16.9 Å². The molecule has 19 nitrogen and oxygen atoms in total. The highest BCUT2D eigenvalue weighted by molar-refractivity contribution is 8.00. The van der Waals surface area contributed by atoms with E-state index in [4.69, 9.17) is 32.2 Å². The lowest BCUT2D eigenvalue weighted by Crippen LogP contribution is -2.24. The molecule has 25 heteroatoms. The Kier molecular flexibility index (Phi) is 18.2. The summed E-state index contributed by atoms with van der Waals surface area (Å²) >= 11 is 2.72. The van der Waals surface area contributed by atoms with E-state index in [2.05, 4.69) is 0 Å². The summed E-state index contributed by atoms with van der Waals surface area (Å²) in [7, 11) is 0. The zero-order valence-electron chi connectivity index (χ0n) is 56.7. The first-order valence-corrected chi connectivity index (χ1v) is 36.0. The summed E-state index contributed by atoms with van der Waals surface area (Å²) in [6, 6.07) is 54.7. The number of benzene rings is 8. The quantitative estimate of drug-likeness (QED) is 0.0636. The Bertz CT molecular complexity index is 6330. The third kappa shape index (κ3) is 13.3. The number of aromatic hydroxyl groups is 3. The average Bonchev–Trinajstić information content (AvgIpc) is 1.59. The SMILES string of the molecule is CC1(C)c2cc(OCC3CO3)ccc2-n2c1cc1oc(=O)c(Sc3cccc(F)c3)c(O)c1c2=O.Cc1ccc(Sc2c(O)c3c(=O)n4c5c(cccc5c3oc2=O)CC4c2ccc(F)cc2)cc1.O=c1oc2cc(-c3ccccc3)n(-c3ccc(OCC4CO4)cc3)c(=O)c2c(O)c1Sc1cccc(F)c1. The van der Waals surface area contributed by atoms with Crippen LogP contribution < -0.4 is 43.0 Å². The van der Waals surface area contributed by atoms with Crippen LogP contribution in [0.1, 0.15) is 47.8 Å². The molecule has 107 heavy (non-hydrogen) atoms. The average molecular weight is 1490 g/mol. The first kappa shape index (κ1) is 69.6. The van der Waals surface area contributed by atoms with Gasteiger partial charge in [-0.25, -0.2) is 27.6 Å². The molecule has 3 unspecified atom stereocenters. The molecule has 4 aliphatic heterocycles. The second-order valence-electron chi connectivity index (χ2n) is 26.2. The summed E-state index contributed by atoms with van der Waals surface area (Å²) in [5.41, 5.74) is 2.84. The van der Waals surface area contributed by atoms with E-state index in [9.17, 15) is 57.3 Å². The van der Waals surface area contributed by atoms with Crippen LogP contribution in [-0.2, 0) is 21.3 Å². The number of pyridine rings is 3. The van der Waals surface area contributed by atoms with Crippen LogP contribution in [0.4, 0.5) is 13.2 Å². The molecule has 3 atom stereocenters. The number of epoxide rings is 2. The van der Waals surface area contributed by atoms with Crippen molar-refractivity contribution in [3.05, 3.63) is 308 Å². The number of aryl methyl sites for hydroxylation is 1. The van der Waals surface area contributed by atoms with E-state index in [1.165, 1.54) is 57.7 Å². The molecule has 3 N–H and O–H groups in total. The van der Waals surface area contributed by atoms with E-state index in [1.807, 2.05) is 99.6 Å². The van der Waals surface area contributed by atoms with E-state index < -0.39 is 62.1 Å². The second kappa shape index (κ2) is 28.0. The lowest BCUT2D eigenvalue weighted by atomic mass is 9.83. The van der Waals surface area contributed by atoms with Gasteiger partial charge in [-0.15, -0.1) is 0 Å². The summed E-state index contributed by atoms with van der Waals surface area (Å²) in [4.78, 5) is 81.0. The number of nitrogens with zero attached hydrogens (tertiary/aromatic N) is 3. The molecule has 4 aliphatic rings. The van der Waals surface area contributed by atoms with Gasteiger partial charge < -0.3 is 47.5 Å². The number of para-hydroxylation sites is 1. The van der Waals surface area contributed by atoms with Crippen LogP contribution in [0.3, 0.4) is 0 Å². The molecular formula is C82H58F3N3O16S3. The highest BCUT2D eigenvalue weighted by atomic mass is 32.2. The molecule has 0 radical (unpaired) electrons. The molecule has 8 aromatic carbocycles. The van der Waals surface area contributed by atoms with Crippen molar-refractivity contribution in [2.45, 2.75) is 80.2 Å². The van der Waals surface area contributed by atoms with E-state index in [-0.39, 0.29) is 77.4 Å². The fourth-order valence-electron chi connectivity index (χ4n) is 13.3. The van der Waals surface area contributed by atoms with Gasteiger partial charge in [0, 0.05) is 49.0 Å². The maximum Gasteiger partial charge on any atom is 0.354 e. The monoisotopic (exact) mass is 1490 g/mol. The normalized spacial score (nSPS) is 15.5. The predicted molar refractivity (Wildman–Crippen MR) is 398 cm³/mol. The van der Waals surface area contributed by atoms with Crippen molar-refractivity contribution in [3.8, 4) is 51.4 Å². The van der Waals surface area contributed by atoms with Crippen LogP contribution >= 0.6 is 35.3 Å². The van der Waals surface area contributed by atoms with Crippen molar-refractivity contribution in [1.82, 2.24) is 13.7 Å². The molecule has 10 heterocycles. The van der Waals surface area contributed by atoms with Crippen molar-refractivity contribution in [2.24, 2.45) is 0 Å². The molecule has 0 spiro atoms. The molecule has 6 aromatic heterocycles. The first-order chi connectivity index (χ1) is 51.6. The topological polar surface area (TPSA) is 261 Å². The summed E-state index contributed by atoms with van der Waals surface area (Å²) in [5, 5.41) is 33.6. The number of halogens is 3. The molecule has 0 saturated carbocycles. The van der Waals surface area contributed by atoms with E-state index >= 15 is 0 Å². The van der Waals surface area contributed by atoms with Crippen LogP contribution in [0.2, 0.25) is 0 Å². The van der Waals surface area contributed by atoms with Gasteiger partial charge in [-0.05, 0) is 145 Å². The zero-order chi connectivity index (χ0) is 74.3.